The molecule has 3 heteroatoms. The Balaban J connectivity index is 2.00. The number of fused-ring (bicyclic) bond motifs is 1. The molecule has 1 unspecified atom stereocenters. The van der Waals surface area contributed by atoms with Gasteiger partial charge in [-0.3, -0.25) is 4.79 Å². The molecule has 20 heavy (non-hydrogen) atoms. The average Bonchev–Trinajstić information content (AvgIpc) is 2.46. The van der Waals surface area contributed by atoms with E-state index in [1.54, 1.807) is 0 Å². The fourth-order valence-electron chi connectivity index (χ4n) is 2.64. The van der Waals surface area contributed by atoms with Gasteiger partial charge in [0, 0.05) is 6.07 Å². The van der Waals surface area contributed by atoms with Gasteiger partial charge in [-0.05, 0) is 29.7 Å². The lowest BCUT2D eigenvalue weighted by atomic mass is 9.93. The van der Waals surface area contributed by atoms with Crippen molar-refractivity contribution in [2.75, 3.05) is 0 Å². The van der Waals surface area contributed by atoms with Gasteiger partial charge in [0.1, 0.15) is 17.7 Å². The third-order valence-corrected chi connectivity index (χ3v) is 3.67. The van der Waals surface area contributed by atoms with E-state index in [9.17, 15) is 9.18 Å². The van der Waals surface area contributed by atoms with Crippen molar-refractivity contribution in [2.24, 2.45) is 0 Å². The minimum atomic E-state index is -0.388. The smallest absolute Gasteiger partial charge is 0.170 e. The highest BCUT2D eigenvalue weighted by atomic mass is 19.1. The van der Waals surface area contributed by atoms with Crippen molar-refractivity contribution in [3.63, 3.8) is 0 Å². The second-order valence-corrected chi connectivity index (χ2v) is 4.93. The molecule has 0 radical (unpaired) electrons. The Kier molecular flexibility index (Phi) is 3.26. The molecule has 0 amide bonds. The monoisotopic (exact) mass is 270 g/mol. The van der Waals surface area contributed by atoms with Gasteiger partial charge in [0.15, 0.2) is 5.78 Å². The topological polar surface area (TPSA) is 26.3 Å². The number of hydrogen-bond acceptors (Lipinski definition) is 2. The van der Waals surface area contributed by atoms with E-state index in [0.717, 1.165) is 17.5 Å². The molecule has 2 aromatic carbocycles. The lowest BCUT2D eigenvalue weighted by Gasteiger charge is -2.27. The van der Waals surface area contributed by atoms with Crippen molar-refractivity contribution in [3.8, 4) is 5.75 Å². The Morgan fingerprint density at radius 1 is 1.25 bits per heavy atom. The SMILES string of the molecule is CCc1ccccc1C1CC(=O)c2ccc(F)cc2O1. The summed E-state index contributed by atoms with van der Waals surface area (Å²) < 4.78 is 19.2. The molecule has 2 aromatic rings. The molecule has 0 spiro atoms. The van der Waals surface area contributed by atoms with E-state index in [2.05, 4.69) is 6.92 Å². The first kappa shape index (κ1) is 12.9. The van der Waals surface area contributed by atoms with Gasteiger partial charge < -0.3 is 4.74 Å². The fraction of sp³-hybridized carbons (Fsp3) is 0.235. The van der Waals surface area contributed by atoms with Gasteiger partial charge in [0.05, 0.1) is 12.0 Å². The van der Waals surface area contributed by atoms with E-state index in [4.69, 9.17) is 4.74 Å². The molecule has 0 saturated heterocycles. The minimum Gasteiger partial charge on any atom is -0.484 e. The van der Waals surface area contributed by atoms with Crippen LogP contribution in [0.1, 0.15) is 40.9 Å². The molecule has 1 heterocycles. The number of carbonyl (C=O) groups excluding carboxylic acids is 1. The van der Waals surface area contributed by atoms with E-state index in [0.29, 0.717) is 17.7 Å². The van der Waals surface area contributed by atoms with Crippen LogP contribution in [-0.4, -0.2) is 5.78 Å². The van der Waals surface area contributed by atoms with Gasteiger partial charge in [-0.1, -0.05) is 31.2 Å². The summed E-state index contributed by atoms with van der Waals surface area (Å²) in [7, 11) is 0. The number of rotatable bonds is 2. The number of ether oxygens (including phenoxy) is 1. The first-order valence-corrected chi connectivity index (χ1v) is 6.76. The van der Waals surface area contributed by atoms with Crippen molar-refractivity contribution in [1.82, 2.24) is 0 Å². The maximum absolute atomic E-state index is 13.3. The molecule has 3 rings (SSSR count). The molecule has 0 aliphatic carbocycles. The van der Waals surface area contributed by atoms with Gasteiger partial charge >= 0.3 is 0 Å². The van der Waals surface area contributed by atoms with Crippen LogP contribution in [0.15, 0.2) is 42.5 Å². The molecule has 1 aliphatic heterocycles. The van der Waals surface area contributed by atoms with Gasteiger partial charge in [0.25, 0.3) is 0 Å². The molecule has 1 aliphatic rings. The number of carbonyl (C=O) groups is 1. The van der Waals surface area contributed by atoms with Crippen LogP contribution in [0.3, 0.4) is 0 Å². The summed E-state index contributed by atoms with van der Waals surface area (Å²) in [6.45, 7) is 2.07. The summed E-state index contributed by atoms with van der Waals surface area (Å²) in [5.74, 6) is -0.0414. The zero-order valence-electron chi connectivity index (χ0n) is 11.2. The van der Waals surface area contributed by atoms with Crippen LogP contribution in [0.25, 0.3) is 0 Å². The van der Waals surface area contributed by atoms with E-state index in [-0.39, 0.29) is 17.7 Å². The summed E-state index contributed by atoms with van der Waals surface area (Å²) in [6, 6.07) is 12.0. The Morgan fingerprint density at radius 3 is 2.85 bits per heavy atom. The summed E-state index contributed by atoms with van der Waals surface area (Å²) in [5, 5.41) is 0. The molecule has 2 nitrogen and oxygen atoms in total. The largest absolute Gasteiger partial charge is 0.484 e. The Morgan fingerprint density at radius 2 is 2.05 bits per heavy atom. The van der Waals surface area contributed by atoms with Gasteiger partial charge in [-0.2, -0.15) is 0 Å². The van der Waals surface area contributed by atoms with Crippen molar-refractivity contribution >= 4 is 5.78 Å². The van der Waals surface area contributed by atoms with Crippen LogP contribution in [0, 0.1) is 5.82 Å². The number of hydrogen-bond donors (Lipinski definition) is 0. The predicted octanol–water partition coefficient (Wildman–Crippen LogP) is 4.09. The molecular weight excluding hydrogens is 255 g/mol. The van der Waals surface area contributed by atoms with Crippen molar-refractivity contribution in [2.45, 2.75) is 25.9 Å². The number of Topliss-reactive ketones (excluding diaryl/α,β-unsaturated/α-hetero) is 1. The van der Waals surface area contributed by atoms with E-state index >= 15 is 0 Å². The lowest BCUT2D eigenvalue weighted by molar-refractivity contribution is 0.0848. The second kappa shape index (κ2) is 5.08. The highest BCUT2D eigenvalue weighted by molar-refractivity contribution is 6.00. The van der Waals surface area contributed by atoms with Crippen LogP contribution in [0.2, 0.25) is 0 Å². The minimum absolute atomic E-state index is 0.00200. The molecule has 0 aromatic heterocycles. The number of halogens is 1. The maximum Gasteiger partial charge on any atom is 0.170 e. The Labute approximate surface area is 117 Å². The first-order chi connectivity index (χ1) is 9.69. The van der Waals surface area contributed by atoms with E-state index in [1.165, 1.54) is 18.2 Å². The molecule has 0 N–H and O–H groups in total. The lowest BCUT2D eigenvalue weighted by Crippen LogP contribution is -2.21. The fourth-order valence-corrected chi connectivity index (χ4v) is 2.64. The van der Waals surface area contributed by atoms with Gasteiger partial charge in [-0.15, -0.1) is 0 Å². The number of aryl methyl sites for hydroxylation is 1. The summed E-state index contributed by atoms with van der Waals surface area (Å²) in [5.41, 5.74) is 2.64. The normalized spacial score (nSPS) is 17.5. The molecule has 0 bridgehead atoms. The predicted molar refractivity (Wildman–Crippen MR) is 74.5 cm³/mol. The van der Waals surface area contributed by atoms with Gasteiger partial charge in [0.2, 0.25) is 0 Å². The summed E-state index contributed by atoms with van der Waals surface area (Å²) in [6.07, 6.45) is 0.850. The molecule has 1 atom stereocenters. The van der Waals surface area contributed by atoms with Crippen molar-refractivity contribution in [3.05, 3.63) is 65.0 Å². The van der Waals surface area contributed by atoms with Crippen LogP contribution in [0.5, 0.6) is 5.75 Å². The number of ketones is 1. The van der Waals surface area contributed by atoms with E-state index in [1.807, 2.05) is 24.3 Å². The zero-order valence-corrected chi connectivity index (χ0v) is 11.2. The summed E-state index contributed by atoms with van der Waals surface area (Å²) >= 11 is 0. The highest BCUT2D eigenvalue weighted by Gasteiger charge is 2.28. The van der Waals surface area contributed by atoms with Gasteiger partial charge in [-0.25, -0.2) is 4.39 Å². The quantitative estimate of drug-likeness (QED) is 0.821. The van der Waals surface area contributed by atoms with Crippen molar-refractivity contribution < 1.29 is 13.9 Å². The standard InChI is InChI=1S/C17H15FO2/c1-2-11-5-3-4-6-13(11)17-10-15(19)14-8-7-12(18)9-16(14)20-17/h3-9,17H,2,10H2,1H3. The zero-order chi connectivity index (χ0) is 14.1. The third kappa shape index (κ3) is 2.20. The Bertz CT molecular complexity index is 664. The van der Waals surface area contributed by atoms with Crippen LogP contribution in [-0.2, 0) is 6.42 Å². The molecule has 102 valence electrons. The first-order valence-electron chi connectivity index (χ1n) is 6.76. The molecule has 0 saturated carbocycles. The number of benzene rings is 2. The van der Waals surface area contributed by atoms with Crippen molar-refractivity contribution in [1.29, 1.82) is 0 Å². The van der Waals surface area contributed by atoms with Crippen LogP contribution < -0.4 is 4.74 Å². The van der Waals surface area contributed by atoms with Crippen LogP contribution >= 0.6 is 0 Å². The maximum atomic E-state index is 13.3. The van der Waals surface area contributed by atoms with Crippen LogP contribution in [0.4, 0.5) is 4.39 Å². The highest BCUT2D eigenvalue weighted by Crippen LogP contribution is 2.36. The molecule has 0 fully saturated rings. The average molecular weight is 270 g/mol. The summed E-state index contributed by atoms with van der Waals surface area (Å²) in [4.78, 5) is 12.2. The van der Waals surface area contributed by atoms with E-state index < -0.39 is 0 Å². The Hall–Kier alpha value is -2.16. The second-order valence-electron chi connectivity index (χ2n) is 4.93. The third-order valence-electron chi connectivity index (χ3n) is 3.67. The molecular formula is C17H15FO2.